The van der Waals surface area contributed by atoms with Gasteiger partial charge in [0, 0.05) is 40.6 Å². The van der Waals surface area contributed by atoms with E-state index in [4.69, 9.17) is 16.3 Å². The maximum absolute atomic E-state index is 13.3. The molecule has 1 saturated heterocycles. The van der Waals surface area contributed by atoms with Crippen LogP contribution in [-0.2, 0) is 14.8 Å². The van der Waals surface area contributed by atoms with E-state index >= 15 is 0 Å². The number of amides is 1. The number of ether oxygens (including phenoxy) is 1. The molecule has 1 unspecified atom stereocenters. The van der Waals surface area contributed by atoms with E-state index in [0.29, 0.717) is 28.2 Å². The second-order valence-corrected chi connectivity index (χ2v) is 10.7. The van der Waals surface area contributed by atoms with E-state index in [1.807, 2.05) is 0 Å². The molecule has 1 aliphatic heterocycles. The van der Waals surface area contributed by atoms with Gasteiger partial charge in [0.2, 0.25) is 10.0 Å². The molecule has 3 rings (SSSR count). The van der Waals surface area contributed by atoms with Crippen LogP contribution < -0.4 is 5.32 Å². The minimum atomic E-state index is -3.78. The topological polar surface area (TPSA) is 88.6 Å². The summed E-state index contributed by atoms with van der Waals surface area (Å²) < 4.78 is 33.7. The van der Waals surface area contributed by atoms with Crippen molar-refractivity contribution in [1.82, 2.24) is 14.6 Å². The summed E-state index contributed by atoms with van der Waals surface area (Å²) in [7, 11) is -3.78. The molecule has 1 fully saturated rings. The van der Waals surface area contributed by atoms with Crippen LogP contribution in [0.3, 0.4) is 0 Å². The van der Waals surface area contributed by atoms with Gasteiger partial charge in [-0.25, -0.2) is 18.2 Å². The van der Waals surface area contributed by atoms with Crippen molar-refractivity contribution in [2.75, 3.05) is 13.1 Å². The number of alkyl carbamates (subject to hydrolysis) is 1. The van der Waals surface area contributed by atoms with E-state index < -0.39 is 21.7 Å². The highest BCUT2D eigenvalue weighted by Crippen LogP contribution is 2.35. The summed E-state index contributed by atoms with van der Waals surface area (Å²) in [5.74, 6) is 0. The standard InChI is InChI=1S/C18H21BrClN3O4S/c1-18(2,3)27-17(24)22-11-7-8-23(10-11)28(25,26)14-6-4-5-12-15(14)13(19)9-21-16(12)20/h4-6,9,11H,7-8,10H2,1-3H3,(H,22,24). The lowest BCUT2D eigenvalue weighted by Crippen LogP contribution is -2.41. The lowest BCUT2D eigenvalue weighted by atomic mass is 10.2. The monoisotopic (exact) mass is 489 g/mol. The summed E-state index contributed by atoms with van der Waals surface area (Å²) in [5, 5.41) is 4.02. The van der Waals surface area contributed by atoms with Gasteiger partial charge in [-0.1, -0.05) is 23.7 Å². The minimum Gasteiger partial charge on any atom is -0.444 e. The van der Waals surface area contributed by atoms with Crippen LogP contribution in [0.5, 0.6) is 0 Å². The number of aromatic nitrogens is 1. The largest absolute Gasteiger partial charge is 0.444 e. The third kappa shape index (κ3) is 4.42. The zero-order valence-corrected chi connectivity index (χ0v) is 18.9. The van der Waals surface area contributed by atoms with Gasteiger partial charge in [-0.3, -0.25) is 0 Å². The van der Waals surface area contributed by atoms with Gasteiger partial charge in [0.05, 0.1) is 4.90 Å². The molecule has 1 aromatic heterocycles. The Kier molecular flexibility index (Phi) is 5.91. The molecule has 28 heavy (non-hydrogen) atoms. The summed E-state index contributed by atoms with van der Waals surface area (Å²) in [6, 6.07) is 4.61. The van der Waals surface area contributed by atoms with Gasteiger partial charge < -0.3 is 10.1 Å². The van der Waals surface area contributed by atoms with Crippen LogP contribution in [0.25, 0.3) is 10.8 Å². The number of hydrogen-bond donors (Lipinski definition) is 1. The van der Waals surface area contributed by atoms with E-state index in [1.54, 1.807) is 39.0 Å². The van der Waals surface area contributed by atoms with Crippen molar-refractivity contribution in [3.05, 3.63) is 34.0 Å². The number of halogens is 2. The van der Waals surface area contributed by atoms with Gasteiger partial charge >= 0.3 is 6.09 Å². The molecule has 1 N–H and O–H groups in total. The Balaban J connectivity index is 1.85. The van der Waals surface area contributed by atoms with Crippen molar-refractivity contribution in [2.45, 2.75) is 43.7 Å². The van der Waals surface area contributed by atoms with Crippen LogP contribution in [0.4, 0.5) is 4.79 Å². The highest BCUT2D eigenvalue weighted by Gasteiger charge is 2.35. The SMILES string of the molecule is CC(C)(C)OC(=O)NC1CCN(S(=O)(=O)c2cccc3c(Cl)ncc(Br)c23)C1. The second kappa shape index (κ2) is 7.78. The smallest absolute Gasteiger partial charge is 0.407 e. The van der Waals surface area contributed by atoms with E-state index in [2.05, 4.69) is 26.2 Å². The summed E-state index contributed by atoms with van der Waals surface area (Å²) >= 11 is 9.52. The number of benzene rings is 1. The van der Waals surface area contributed by atoms with Crippen molar-refractivity contribution >= 4 is 54.4 Å². The van der Waals surface area contributed by atoms with Crippen LogP contribution >= 0.6 is 27.5 Å². The normalized spacial score (nSPS) is 18.4. The van der Waals surface area contributed by atoms with Crippen LogP contribution in [0.2, 0.25) is 5.15 Å². The maximum Gasteiger partial charge on any atom is 0.407 e. The number of pyridine rings is 1. The van der Waals surface area contributed by atoms with E-state index in [0.717, 1.165) is 0 Å². The molecule has 1 aromatic carbocycles. The molecule has 0 spiro atoms. The van der Waals surface area contributed by atoms with Gasteiger partial charge in [0.1, 0.15) is 10.8 Å². The Bertz CT molecular complexity index is 1020. The molecule has 1 amide bonds. The maximum atomic E-state index is 13.3. The Hall–Kier alpha value is -1.42. The first-order chi connectivity index (χ1) is 13.0. The average molecular weight is 491 g/mol. The number of nitrogens with zero attached hydrogens (tertiary/aromatic N) is 2. The molecule has 0 radical (unpaired) electrons. The number of nitrogens with one attached hydrogen (secondary N) is 1. The molecule has 152 valence electrons. The van der Waals surface area contributed by atoms with Crippen molar-refractivity contribution in [1.29, 1.82) is 0 Å². The van der Waals surface area contributed by atoms with Crippen LogP contribution in [0, 0.1) is 0 Å². The first kappa shape index (κ1) is 21.3. The van der Waals surface area contributed by atoms with Crippen molar-refractivity contribution in [3.8, 4) is 0 Å². The van der Waals surface area contributed by atoms with Gasteiger partial charge in [-0.05, 0) is 49.2 Å². The first-order valence-electron chi connectivity index (χ1n) is 8.71. The molecule has 1 aliphatic rings. The molecule has 2 aromatic rings. The Labute approximate surface area is 177 Å². The van der Waals surface area contributed by atoms with E-state index in [-0.39, 0.29) is 22.6 Å². The number of fused-ring (bicyclic) bond motifs is 1. The number of carbonyl (C=O) groups is 1. The molecule has 2 heterocycles. The highest BCUT2D eigenvalue weighted by atomic mass is 79.9. The average Bonchev–Trinajstić information content (AvgIpc) is 3.05. The fraction of sp³-hybridized carbons (Fsp3) is 0.444. The van der Waals surface area contributed by atoms with Crippen molar-refractivity contribution < 1.29 is 17.9 Å². The number of hydrogen-bond acceptors (Lipinski definition) is 5. The minimum absolute atomic E-state index is 0.152. The summed E-state index contributed by atoms with van der Waals surface area (Å²) in [5.41, 5.74) is -0.614. The lowest BCUT2D eigenvalue weighted by molar-refractivity contribution is 0.0507. The van der Waals surface area contributed by atoms with Crippen LogP contribution in [0.15, 0.2) is 33.8 Å². The molecule has 0 bridgehead atoms. The molecule has 0 saturated carbocycles. The van der Waals surface area contributed by atoms with E-state index in [1.165, 1.54) is 10.5 Å². The summed E-state index contributed by atoms with van der Waals surface area (Å²) in [4.78, 5) is 16.2. The Morgan fingerprint density at radius 2 is 2.11 bits per heavy atom. The Morgan fingerprint density at radius 3 is 2.79 bits per heavy atom. The fourth-order valence-corrected chi connectivity index (χ4v) is 5.69. The number of sulfonamides is 1. The predicted octanol–water partition coefficient (Wildman–Crippen LogP) is 3.94. The molecule has 1 atom stereocenters. The number of rotatable bonds is 3. The molecular weight excluding hydrogens is 470 g/mol. The van der Waals surface area contributed by atoms with Gasteiger partial charge in [0.15, 0.2) is 0 Å². The molecular formula is C18H21BrClN3O4S. The van der Waals surface area contributed by atoms with Gasteiger partial charge in [-0.15, -0.1) is 0 Å². The predicted molar refractivity (Wildman–Crippen MR) is 111 cm³/mol. The molecule has 10 heteroatoms. The van der Waals surface area contributed by atoms with Crippen molar-refractivity contribution in [3.63, 3.8) is 0 Å². The lowest BCUT2D eigenvalue weighted by Gasteiger charge is -2.22. The zero-order valence-electron chi connectivity index (χ0n) is 15.7. The van der Waals surface area contributed by atoms with Crippen LogP contribution in [0.1, 0.15) is 27.2 Å². The second-order valence-electron chi connectivity index (χ2n) is 7.57. The Morgan fingerprint density at radius 1 is 1.39 bits per heavy atom. The first-order valence-corrected chi connectivity index (χ1v) is 11.3. The third-order valence-electron chi connectivity index (χ3n) is 4.27. The summed E-state index contributed by atoms with van der Waals surface area (Å²) in [6.07, 6.45) is 1.44. The van der Waals surface area contributed by atoms with Gasteiger partial charge in [-0.2, -0.15) is 4.31 Å². The summed E-state index contributed by atoms with van der Waals surface area (Å²) in [6.45, 7) is 5.80. The highest BCUT2D eigenvalue weighted by molar-refractivity contribution is 9.10. The van der Waals surface area contributed by atoms with Crippen LogP contribution in [-0.4, -0.2) is 48.5 Å². The van der Waals surface area contributed by atoms with E-state index in [9.17, 15) is 13.2 Å². The molecule has 7 nitrogen and oxygen atoms in total. The quantitative estimate of drug-likeness (QED) is 0.658. The third-order valence-corrected chi connectivity index (χ3v) is 7.08. The molecule has 0 aliphatic carbocycles. The zero-order chi connectivity index (χ0) is 20.7. The van der Waals surface area contributed by atoms with Gasteiger partial charge in [0.25, 0.3) is 0 Å². The van der Waals surface area contributed by atoms with Crippen molar-refractivity contribution in [2.24, 2.45) is 0 Å². The number of carbonyl (C=O) groups excluding carboxylic acids is 1. The fourth-order valence-electron chi connectivity index (χ4n) is 3.09.